The number of carbonyl (C=O) groups excluding carboxylic acids is 1. The minimum absolute atomic E-state index is 0.0960. The first-order valence-corrected chi connectivity index (χ1v) is 11.2. The lowest BCUT2D eigenvalue weighted by Crippen LogP contribution is -2.31. The second kappa shape index (κ2) is 11.8. The van der Waals surface area contributed by atoms with E-state index in [9.17, 15) is 10.1 Å². The average Bonchev–Trinajstić information content (AvgIpc) is 2.73. The Morgan fingerprint density at radius 1 is 1.14 bits per heavy atom. The van der Waals surface area contributed by atoms with Gasteiger partial charge in [0.15, 0.2) is 0 Å². The van der Waals surface area contributed by atoms with Crippen LogP contribution in [-0.2, 0) is 11.2 Å². The first-order valence-electron chi connectivity index (χ1n) is 11.2. The van der Waals surface area contributed by atoms with Gasteiger partial charge in [0.2, 0.25) is 0 Å². The fraction of sp³-hybridized carbons (Fsp3) is 0.708. The molecule has 28 heavy (non-hydrogen) atoms. The lowest BCUT2D eigenvalue weighted by atomic mass is 9.69. The Balaban J connectivity index is 1.78. The van der Waals surface area contributed by atoms with Crippen molar-refractivity contribution >= 4 is 5.97 Å². The van der Waals surface area contributed by atoms with Gasteiger partial charge in [0.1, 0.15) is 5.75 Å². The zero-order valence-corrected chi connectivity index (χ0v) is 17.7. The van der Waals surface area contributed by atoms with E-state index in [1.54, 1.807) is 6.20 Å². The van der Waals surface area contributed by atoms with Gasteiger partial charge >= 0.3 is 5.97 Å². The third-order valence-corrected chi connectivity index (χ3v) is 6.07. The second-order valence-corrected chi connectivity index (χ2v) is 8.34. The van der Waals surface area contributed by atoms with Crippen LogP contribution in [-0.4, -0.2) is 11.0 Å². The minimum atomic E-state index is -0.231. The van der Waals surface area contributed by atoms with Crippen molar-refractivity contribution in [1.82, 2.24) is 4.98 Å². The molecule has 1 fully saturated rings. The summed E-state index contributed by atoms with van der Waals surface area (Å²) in [5.74, 6) is 0.261. The van der Waals surface area contributed by atoms with Crippen molar-refractivity contribution < 1.29 is 9.53 Å². The van der Waals surface area contributed by atoms with Gasteiger partial charge in [-0.2, -0.15) is 5.26 Å². The third-order valence-electron chi connectivity index (χ3n) is 6.07. The normalized spacial score (nSPS) is 21.8. The molecule has 0 atom stereocenters. The Labute approximate surface area is 170 Å². The molecule has 1 aliphatic carbocycles. The van der Waals surface area contributed by atoms with Crippen molar-refractivity contribution in [3.05, 3.63) is 24.0 Å². The molecular formula is C24H36N2O2. The first kappa shape index (κ1) is 22.4. The van der Waals surface area contributed by atoms with Crippen molar-refractivity contribution in [2.24, 2.45) is 11.3 Å². The highest BCUT2D eigenvalue weighted by Gasteiger charge is 2.37. The van der Waals surface area contributed by atoms with Crippen LogP contribution in [0, 0.1) is 22.7 Å². The number of aromatic nitrogens is 1. The van der Waals surface area contributed by atoms with Crippen molar-refractivity contribution in [1.29, 1.82) is 5.26 Å². The molecule has 0 N–H and O–H groups in total. The van der Waals surface area contributed by atoms with Gasteiger partial charge in [0.05, 0.1) is 23.6 Å². The van der Waals surface area contributed by atoms with E-state index in [2.05, 4.69) is 24.9 Å². The number of esters is 1. The standard InChI is InChI=1S/C24H36N2O2/c1-3-5-7-8-9-15-24(19-25)16-13-20(14-17-24)23(27)28-22-12-11-21(26-18-22)10-6-4-2/h11-12,18,20H,3-10,13-17H2,1-2H3/t20-,24-. The van der Waals surface area contributed by atoms with Crippen molar-refractivity contribution in [3.63, 3.8) is 0 Å². The van der Waals surface area contributed by atoms with Crippen LogP contribution in [0.2, 0.25) is 0 Å². The molecular weight excluding hydrogens is 348 g/mol. The number of ether oxygens (including phenoxy) is 1. The van der Waals surface area contributed by atoms with Crippen LogP contribution < -0.4 is 4.74 Å². The second-order valence-electron chi connectivity index (χ2n) is 8.34. The molecule has 1 aromatic rings. The molecule has 4 heteroatoms. The van der Waals surface area contributed by atoms with E-state index in [0.29, 0.717) is 5.75 Å². The zero-order chi connectivity index (χ0) is 20.2. The Morgan fingerprint density at radius 2 is 1.86 bits per heavy atom. The highest BCUT2D eigenvalue weighted by Crippen LogP contribution is 2.42. The largest absolute Gasteiger partial charge is 0.425 e. The van der Waals surface area contributed by atoms with Gasteiger partial charge in [-0.1, -0.05) is 52.4 Å². The molecule has 0 bridgehead atoms. The van der Waals surface area contributed by atoms with Gasteiger partial charge in [-0.15, -0.1) is 0 Å². The highest BCUT2D eigenvalue weighted by molar-refractivity contribution is 5.75. The highest BCUT2D eigenvalue weighted by atomic mass is 16.5. The fourth-order valence-corrected chi connectivity index (χ4v) is 4.07. The number of hydrogen-bond acceptors (Lipinski definition) is 4. The van der Waals surface area contributed by atoms with Gasteiger partial charge in [0, 0.05) is 5.69 Å². The Hall–Kier alpha value is -1.89. The summed E-state index contributed by atoms with van der Waals surface area (Å²) in [5, 5.41) is 9.72. The predicted molar refractivity (Wildman–Crippen MR) is 112 cm³/mol. The molecule has 2 rings (SSSR count). The van der Waals surface area contributed by atoms with Gasteiger partial charge in [-0.25, -0.2) is 0 Å². The Bertz CT molecular complexity index is 625. The zero-order valence-electron chi connectivity index (χ0n) is 17.7. The smallest absolute Gasteiger partial charge is 0.314 e. The van der Waals surface area contributed by atoms with Gasteiger partial charge < -0.3 is 4.74 Å². The number of unbranched alkanes of at least 4 members (excludes halogenated alkanes) is 5. The Morgan fingerprint density at radius 3 is 2.46 bits per heavy atom. The summed E-state index contributed by atoms with van der Waals surface area (Å²) in [4.78, 5) is 16.9. The van der Waals surface area contributed by atoms with Crippen LogP contribution in [0.25, 0.3) is 0 Å². The lowest BCUT2D eigenvalue weighted by molar-refractivity contribution is -0.140. The van der Waals surface area contributed by atoms with Gasteiger partial charge in [0.25, 0.3) is 0 Å². The molecule has 0 spiro atoms. The van der Waals surface area contributed by atoms with Gasteiger partial charge in [-0.3, -0.25) is 9.78 Å². The molecule has 0 amide bonds. The maximum Gasteiger partial charge on any atom is 0.314 e. The molecule has 1 aliphatic rings. The first-order chi connectivity index (χ1) is 13.6. The number of nitriles is 1. The molecule has 1 saturated carbocycles. The fourth-order valence-electron chi connectivity index (χ4n) is 4.07. The maximum absolute atomic E-state index is 12.5. The van der Waals surface area contributed by atoms with E-state index < -0.39 is 0 Å². The quantitative estimate of drug-likeness (QED) is 0.327. The van der Waals surface area contributed by atoms with E-state index in [-0.39, 0.29) is 17.3 Å². The molecule has 4 nitrogen and oxygen atoms in total. The summed E-state index contributed by atoms with van der Waals surface area (Å²) in [6, 6.07) is 6.36. The number of carbonyl (C=O) groups is 1. The summed E-state index contributed by atoms with van der Waals surface area (Å²) >= 11 is 0. The minimum Gasteiger partial charge on any atom is -0.425 e. The number of aryl methyl sites for hydroxylation is 1. The van der Waals surface area contributed by atoms with Crippen LogP contribution in [0.3, 0.4) is 0 Å². The van der Waals surface area contributed by atoms with E-state index in [0.717, 1.165) is 63.5 Å². The van der Waals surface area contributed by atoms with Crippen molar-refractivity contribution in [2.45, 2.75) is 97.3 Å². The van der Waals surface area contributed by atoms with E-state index in [1.807, 2.05) is 12.1 Å². The molecule has 0 saturated heterocycles. The molecule has 1 heterocycles. The van der Waals surface area contributed by atoms with E-state index in [1.165, 1.54) is 25.7 Å². The summed E-state index contributed by atoms with van der Waals surface area (Å²) < 4.78 is 5.56. The van der Waals surface area contributed by atoms with Crippen LogP contribution in [0.15, 0.2) is 18.3 Å². The SMILES string of the molecule is CCCCCCC[C@]1(C#N)CC[C@H](C(=O)Oc2ccc(CCCC)nc2)CC1. The predicted octanol–water partition coefficient (Wildman–Crippen LogP) is 6.39. The average molecular weight is 385 g/mol. The Kier molecular flexibility index (Phi) is 9.47. The number of rotatable bonds is 11. The summed E-state index contributed by atoms with van der Waals surface area (Å²) in [5.41, 5.74) is 0.808. The van der Waals surface area contributed by atoms with E-state index in [4.69, 9.17) is 4.74 Å². The van der Waals surface area contributed by atoms with Crippen molar-refractivity contribution in [3.8, 4) is 11.8 Å². The summed E-state index contributed by atoms with van der Waals surface area (Å²) in [6.07, 6.45) is 15.1. The number of hydrogen-bond donors (Lipinski definition) is 0. The molecule has 1 aromatic heterocycles. The molecule has 0 aromatic carbocycles. The van der Waals surface area contributed by atoms with Crippen LogP contribution in [0.4, 0.5) is 0 Å². The maximum atomic E-state index is 12.5. The van der Waals surface area contributed by atoms with Crippen LogP contribution in [0.5, 0.6) is 5.75 Å². The van der Waals surface area contributed by atoms with Crippen molar-refractivity contribution in [2.75, 3.05) is 0 Å². The molecule has 154 valence electrons. The summed E-state index contributed by atoms with van der Waals surface area (Å²) in [6.45, 7) is 4.38. The molecule has 0 aliphatic heterocycles. The number of nitrogens with zero attached hydrogens (tertiary/aromatic N) is 2. The number of pyridine rings is 1. The molecule has 0 unspecified atom stereocenters. The van der Waals surface area contributed by atoms with Crippen LogP contribution >= 0.6 is 0 Å². The summed E-state index contributed by atoms with van der Waals surface area (Å²) in [7, 11) is 0. The topological polar surface area (TPSA) is 63.0 Å². The third kappa shape index (κ3) is 6.93. The monoisotopic (exact) mass is 384 g/mol. The lowest BCUT2D eigenvalue weighted by Gasteiger charge is -2.34. The van der Waals surface area contributed by atoms with Crippen LogP contribution in [0.1, 0.15) is 96.6 Å². The van der Waals surface area contributed by atoms with E-state index >= 15 is 0 Å². The van der Waals surface area contributed by atoms with Gasteiger partial charge in [-0.05, 0) is 57.1 Å². The molecule has 0 radical (unpaired) electrons.